The normalized spacial score (nSPS) is 12.0. The Labute approximate surface area is 129 Å². The van der Waals surface area contributed by atoms with Crippen LogP contribution in [0.25, 0.3) is 6.08 Å². The van der Waals surface area contributed by atoms with Gasteiger partial charge in [-0.05, 0) is 31.6 Å². The van der Waals surface area contributed by atoms with E-state index in [9.17, 15) is 0 Å². The first kappa shape index (κ1) is 17.2. The summed E-state index contributed by atoms with van der Waals surface area (Å²) < 4.78 is 6.15. The van der Waals surface area contributed by atoms with E-state index in [4.69, 9.17) is 4.74 Å². The molecule has 0 spiro atoms. The maximum Gasteiger partial charge on any atom is 0.126 e. The lowest BCUT2D eigenvalue weighted by Crippen LogP contribution is -2.30. The maximum atomic E-state index is 6.15. The highest BCUT2D eigenvalue weighted by atomic mass is 32.1. The molecule has 0 heterocycles. The lowest BCUT2D eigenvalue weighted by Gasteiger charge is -2.32. The molecule has 0 amide bonds. The Morgan fingerprint density at radius 2 is 1.80 bits per heavy atom. The van der Waals surface area contributed by atoms with E-state index in [2.05, 4.69) is 44.7 Å². The lowest BCUT2D eigenvalue weighted by molar-refractivity contribution is 0.143. The van der Waals surface area contributed by atoms with Crippen molar-refractivity contribution in [1.82, 2.24) is 0 Å². The van der Waals surface area contributed by atoms with Crippen LogP contribution in [-0.2, 0) is 0 Å². The Morgan fingerprint density at radius 3 is 2.35 bits per heavy atom. The zero-order valence-corrected chi connectivity index (χ0v) is 14.0. The minimum absolute atomic E-state index is 0.204. The number of thiol groups is 1. The van der Waals surface area contributed by atoms with Crippen LogP contribution in [-0.4, -0.2) is 12.4 Å². The summed E-state index contributed by atoms with van der Waals surface area (Å²) in [5.74, 6) is 1.87. The van der Waals surface area contributed by atoms with Crippen LogP contribution in [0.3, 0.4) is 0 Å². The molecule has 0 N–H and O–H groups in total. The van der Waals surface area contributed by atoms with Crippen molar-refractivity contribution in [2.45, 2.75) is 46.5 Å². The maximum absolute atomic E-state index is 6.15. The summed E-state index contributed by atoms with van der Waals surface area (Å²) >= 11 is 4.59. The molecule has 0 atom stereocenters. The van der Waals surface area contributed by atoms with Crippen molar-refractivity contribution in [3.05, 3.63) is 35.9 Å². The van der Waals surface area contributed by atoms with Crippen LogP contribution in [0.2, 0.25) is 0 Å². The molecule has 1 aromatic carbocycles. The average molecular weight is 292 g/mol. The predicted octanol–water partition coefficient (Wildman–Crippen LogP) is 5.61. The van der Waals surface area contributed by atoms with E-state index < -0.39 is 0 Å². The number of rotatable bonds is 9. The van der Waals surface area contributed by atoms with Crippen LogP contribution >= 0.6 is 12.6 Å². The summed E-state index contributed by atoms with van der Waals surface area (Å²) in [5.41, 5.74) is 1.35. The molecule has 0 saturated heterocycles. The SMILES string of the molecule is C/C=C/c1ccccc1OCC(CS)(CCC)CCC. The number of hydrogen-bond acceptors (Lipinski definition) is 2. The van der Waals surface area contributed by atoms with Crippen molar-refractivity contribution >= 4 is 18.7 Å². The number of ether oxygens (including phenoxy) is 1. The molecule has 0 fully saturated rings. The molecule has 2 heteroatoms. The van der Waals surface area contributed by atoms with Crippen molar-refractivity contribution in [3.8, 4) is 5.75 Å². The van der Waals surface area contributed by atoms with Crippen molar-refractivity contribution in [1.29, 1.82) is 0 Å². The van der Waals surface area contributed by atoms with E-state index in [0.717, 1.165) is 23.7 Å². The fraction of sp³-hybridized carbons (Fsp3) is 0.556. The molecule has 20 heavy (non-hydrogen) atoms. The third-order valence-electron chi connectivity index (χ3n) is 3.70. The Balaban J connectivity index is 2.81. The minimum Gasteiger partial charge on any atom is -0.492 e. The molecule has 0 aromatic heterocycles. The molecule has 0 radical (unpaired) electrons. The highest BCUT2D eigenvalue weighted by Crippen LogP contribution is 2.33. The fourth-order valence-electron chi connectivity index (χ4n) is 2.69. The first-order valence-electron chi connectivity index (χ1n) is 7.66. The van der Waals surface area contributed by atoms with E-state index in [-0.39, 0.29) is 5.41 Å². The Kier molecular flexibility index (Phi) is 7.83. The van der Waals surface area contributed by atoms with Gasteiger partial charge in [-0.3, -0.25) is 0 Å². The zero-order chi connectivity index (χ0) is 14.8. The van der Waals surface area contributed by atoms with Gasteiger partial charge in [-0.15, -0.1) is 0 Å². The van der Waals surface area contributed by atoms with E-state index in [1.54, 1.807) is 0 Å². The number of benzene rings is 1. The predicted molar refractivity (Wildman–Crippen MR) is 92.7 cm³/mol. The van der Waals surface area contributed by atoms with Gasteiger partial charge in [-0.1, -0.05) is 57.0 Å². The van der Waals surface area contributed by atoms with Crippen molar-refractivity contribution in [2.24, 2.45) is 5.41 Å². The smallest absolute Gasteiger partial charge is 0.126 e. The molecule has 0 aliphatic carbocycles. The van der Waals surface area contributed by atoms with Crippen LogP contribution in [0.5, 0.6) is 5.75 Å². The Hall–Kier alpha value is -0.890. The summed E-state index contributed by atoms with van der Waals surface area (Å²) in [6.07, 6.45) is 8.86. The third kappa shape index (κ3) is 4.90. The fourth-order valence-corrected chi connectivity index (χ4v) is 3.10. The second-order valence-electron chi connectivity index (χ2n) is 5.48. The number of hydrogen-bond donors (Lipinski definition) is 1. The summed E-state index contributed by atoms with van der Waals surface area (Å²) in [7, 11) is 0. The molecule has 112 valence electrons. The standard InChI is InChI=1S/C18H28OS/c1-4-9-16-10-7-8-11-17(16)19-14-18(15-20,12-5-2)13-6-3/h4,7-11,20H,5-6,12-15H2,1-3H3/b9-4+. The molecular weight excluding hydrogens is 264 g/mol. The summed E-state index contributed by atoms with van der Waals surface area (Å²) in [5, 5.41) is 0. The van der Waals surface area contributed by atoms with Gasteiger partial charge in [0, 0.05) is 11.0 Å². The molecule has 1 rings (SSSR count). The van der Waals surface area contributed by atoms with Gasteiger partial charge in [0.05, 0.1) is 6.61 Å². The second kappa shape index (κ2) is 9.12. The Bertz CT molecular complexity index is 406. The molecule has 0 aliphatic heterocycles. The van der Waals surface area contributed by atoms with Gasteiger partial charge in [-0.25, -0.2) is 0 Å². The van der Waals surface area contributed by atoms with Crippen LogP contribution in [0.4, 0.5) is 0 Å². The molecule has 0 bridgehead atoms. The highest BCUT2D eigenvalue weighted by Gasteiger charge is 2.28. The number of para-hydroxylation sites is 1. The van der Waals surface area contributed by atoms with Crippen LogP contribution in [0.15, 0.2) is 30.3 Å². The van der Waals surface area contributed by atoms with E-state index in [1.165, 1.54) is 25.7 Å². The van der Waals surface area contributed by atoms with Crippen LogP contribution in [0.1, 0.15) is 52.0 Å². The average Bonchev–Trinajstić information content (AvgIpc) is 2.47. The van der Waals surface area contributed by atoms with Gasteiger partial charge < -0.3 is 4.74 Å². The molecule has 0 aliphatic rings. The van der Waals surface area contributed by atoms with E-state index in [0.29, 0.717) is 0 Å². The van der Waals surface area contributed by atoms with Crippen molar-refractivity contribution in [3.63, 3.8) is 0 Å². The quantitative estimate of drug-likeness (QED) is 0.582. The monoisotopic (exact) mass is 292 g/mol. The topological polar surface area (TPSA) is 9.23 Å². The van der Waals surface area contributed by atoms with E-state index in [1.807, 2.05) is 25.1 Å². The minimum atomic E-state index is 0.204. The second-order valence-corrected chi connectivity index (χ2v) is 5.80. The molecular formula is C18H28OS. The van der Waals surface area contributed by atoms with Gasteiger partial charge in [0.2, 0.25) is 0 Å². The highest BCUT2D eigenvalue weighted by molar-refractivity contribution is 7.80. The van der Waals surface area contributed by atoms with Gasteiger partial charge in [0.25, 0.3) is 0 Å². The van der Waals surface area contributed by atoms with Crippen molar-refractivity contribution < 1.29 is 4.74 Å². The first-order chi connectivity index (χ1) is 9.71. The summed E-state index contributed by atoms with van der Waals surface area (Å²) in [4.78, 5) is 0. The van der Waals surface area contributed by atoms with Crippen molar-refractivity contribution in [2.75, 3.05) is 12.4 Å². The van der Waals surface area contributed by atoms with Gasteiger partial charge in [0.1, 0.15) is 5.75 Å². The zero-order valence-electron chi connectivity index (χ0n) is 13.1. The summed E-state index contributed by atoms with van der Waals surface area (Å²) in [6.45, 7) is 7.26. The molecule has 1 nitrogen and oxygen atoms in total. The lowest BCUT2D eigenvalue weighted by atomic mass is 9.82. The Morgan fingerprint density at radius 1 is 1.15 bits per heavy atom. The van der Waals surface area contributed by atoms with Gasteiger partial charge >= 0.3 is 0 Å². The van der Waals surface area contributed by atoms with Gasteiger partial charge in [-0.2, -0.15) is 12.6 Å². The molecule has 0 unspecified atom stereocenters. The van der Waals surface area contributed by atoms with E-state index >= 15 is 0 Å². The van der Waals surface area contributed by atoms with Crippen LogP contribution < -0.4 is 4.74 Å². The first-order valence-corrected chi connectivity index (χ1v) is 8.30. The summed E-state index contributed by atoms with van der Waals surface area (Å²) in [6, 6.07) is 8.23. The molecule has 1 aromatic rings. The molecule has 0 saturated carbocycles. The van der Waals surface area contributed by atoms with Crippen LogP contribution in [0, 0.1) is 5.41 Å². The number of allylic oxidation sites excluding steroid dienone is 1. The largest absolute Gasteiger partial charge is 0.492 e. The van der Waals surface area contributed by atoms with Gasteiger partial charge in [0.15, 0.2) is 0 Å². The third-order valence-corrected chi connectivity index (χ3v) is 4.37.